The quantitative estimate of drug-likeness (QED) is 0.791. The van der Waals surface area contributed by atoms with Crippen molar-refractivity contribution in [2.24, 2.45) is 0 Å². The third-order valence-electron chi connectivity index (χ3n) is 4.71. The molecule has 4 heteroatoms. The summed E-state index contributed by atoms with van der Waals surface area (Å²) in [6, 6.07) is 1.17. The van der Waals surface area contributed by atoms with Gasteiger partial charge in [-0.3, -0.25) is 9.69 Å². The SMILES string of the molecule is CCN(CC)C1CCN(C(=O)CCC2CCCN2)C1. The predicted molar refractivity (Wildman–Crippen MR) is 78.2 cm³/mol. The van der Waals surface area contributed by atoms with Crippen molar-refractivity contribution in [1.29, 1.82) is 0 Å². The van der Waals surface area contributed by atoms with E-state index in [4.69, 9.17) is 0 Å². The molecule has 2 saturated heterocycles. The van der Waals surface area contributed by atoms with E-state index in [1.54, 1.807) is 0 Å². The van der Waals surface area contributed by atoms with Gasteiger partial charge in [-0.1, -0.05) is 13.8 Å². The standard InChI is InChI=1S/C15H29N3O/c1-3-17(4-2)14-9-11-18(12-14)15(19)8-7-13-6-5-10-16-13/h13-14,16H,3-12H2,1-2H3. The summed E-state index contributed by atoms with van der Waals surface area (Å²) < 4.78 is 0. The number of nitrogens with one attached hydrogen (secondary N) is 1. The van der Waals surface area contributed by atoms with Crippen LogP contribution in [-0.4, -0.2) is 60.5 Å². The summed E-state index contributed by atoms with van der Waals surface area (Å²) in [4.78, 5) is 16.8. The normalized spacial score (nSPS) is 27.4. The van der Waals surface area contributed by atoms with Gasteiger partial charge in [-0.25, -0.2) is 0 Å². The Bertz CT molecular complexity index is 285. The van der Waals surface area contributed by atoms with E-state index in [1.807, 2.05) is 0 Å². The highest BCUT2D eigenvalue weighted by Crippen LogP contribution is 2.18. The van der Waals surface area contributed by atoms with Crippen LogP contribution in [0.1, 0.15) is 46.0 Å². The first kappa shape index (κ1) is 14.8. The Morgan fingerprint density at radius 3 is 2.74 bits per heavy atom. The molecule has 2 aliphatic heterocycles. The van der Waals surface area contributed by atoms with Gasteiger partial charge < -0.3 is 10.2 Å². The van der Waals surface area contributed by atoms with Crippen LogP contribution in [0.25, 0.3) is 0 Å². The number of rotatable bonds is 6. The summed E-state index contributed by atoms with van der Waals surface area (Å²) in [6.45, 7) is 9.63. The fraction of sp³-hybridized carbons (Fsp3) is 0.933. The van der Waals surface area contributed by atoms with Gasteiger partial charge in [-0.15, -0.1) is 0 Å². The highest BCUT2D eigenvalue weighted by atomic mass is 16.2. The Balaban J connectivity index is 1.71. The molecular formula is C15H29N3O. The zero-order valence-corrected chi connectivity index (χ0v) is 12.5. The highest BCUT2D eigenvalue weighted by Gasteiger charge is 2.29. The molecule has 2 fully saturated rings. The first-order valence-corrected chi connectivity index (χ1v) is 7.99. The van der Waals surface area contributed by atoms with Gasteiger partial charge in [-0.05, 0) is 45.3 Å². The Labute approximate surface area is 117 Å². The molecule has 0 saturated carbocycles. The molecule has 0 aliphatic carbocycles. The molecule has 0 aromatic carbocycles. The van der Waals surface area contributed by atoms with Crippen molar-refractivity contribution in [2.75, 3.05) is 32.7 Å². The molecule has 4 nitrogen and oxygen atoms in total. The van der Waals surface area contributed by atoms with Crippen molar-refractivity contribution in [2.45, 2.75) is 58.0 Å². The van der Waals surface area contributed by atoms with E-state index in [2.05, 4.69) is 29.0 Å². The van der Waals surface area contributed by atoms with Crippen LogP contribution in [0.15, 0.2) is 0 Å². The minimum atomic E-state index is 0.364. The van der Waals surface area contributed by atoms with E-state index in [0.717, 1.165) is 52.0 Å². The maximum Gasteiger partial charge on any atom is 0.222 e. The van der Waals surface area contributed by atoms with Gasteiger partial charge in [-0.2, -0.15) is 0 Å². The Morgan fingerprint density at radius 2 is 2.11 bits per heavy atom. The third-order valence-corrected chi connectivity index (χ3v) is 4.71. The second-order valence-corrected chi connectivity index (χ2v) is 5.84. The van der Waals surface area contributed by atoms with Crippen molar-refractivity contribution in [3.8, 4) is 0 Å². The van der Waals surface area contributed by atoms with E-state index >= 15 is 0 Å². The number of hydrogen-bond donors (Lipinski definition) is 1. The third kappa shape index (κ3) is 3.93. The molecule has 2 heterocycles. The molecule has 2 atom stereocenters. The molecule has 1 amide bonds. The largest absolute Gasteiger partial charge is 0.341 e. The molecule has 2 rings (SSSR count). The first-order valence-electron chi connectivity index (χ1n) is 7.99. The zero-order valence-electron chi connectivity index (χ0n) is 12.5. The van der Waals surface area contributed by atoms with E-state index in [0.29, 0.717) is 18.0 Å². The fourth-order valence-electron chi connectivity index (χ4n) is 3.47. The molecular weight excluding hydrogens is 238 g/mol. The smallest absolute Gasteiger partial charge is 0.222 e. The minimum absolute atomic E-state index is 0.364. The minimum Gasteiger partial charge on any atom is -0.341 e. The summed E-state index contributed by atoms with van der Waals surface area (Å²) in [6.07, 6.45) is 5.41. The Hall–Kier alpha value is -0.610. The number of hydrogen-bond acceptors (Lipinski definition) is 3. The van der Waals surface area contributed by atoms with Crippen LogP contribution in [0.2, 0.25) is 0 Å². The molecule has 0 aromatic heterocycles. The van der Waals surface area contributed by atoms with E-state index in [1.165, 1.54) is 12.8 Å². The molecule has 19 heavy (non-hydrogen) atoms. The van der Waals surface area contributed by atoms with E-state index in [9.17, 15) is 4.79 Å². The maximum atomic E-state index is 12.2. The molecule has 1 N–H and O–H groups in total. The van der Waals surface area contributed by atoms with Gasteiger partial charge >= 0.3 is 0 Å². The van der Waals surface area contributed by atoms with Gasteiger partial charge in [0, 0.05) is 31.6 Å². The topological polar surface area (TPSA) is 35.6 Å². The van der Waals surface area contributed by atoms with E-state index in [-0.39, 0.29) is 0 Å². The monoisotopic (exact) mass is 267 g/mol. The zero-order chi connectivity index (χ0) is 13.7. The van der Waals surface area contributed by atoms with Crippen LogP contribution in [0.4, 0.5) is 0 Å². The van der Waals surface area contributed by atoms with Gasteiger partial charge in [0.1, 0.15) is 0 Å². The maximum absolute atomic E-state index is 12.2. The van der Waals surface area contributed by atoms with Crippen LogP contribution in [0.3, 0.4) is 0 Å². The van der Waals surface area contributed by atoms with Crippen LogP contribution < -0.4 is 5.32 Å². The first-order chi connectivity index (χ1) is 9.24. The second-order valence-electron chi connectivity index (χ2n) is 5.84. The van der Waals surface area contributed by atoms with Gasteiger partial charge in [0.2, 0.25) is 5.91 Å². The lowest BCUT2D eigenvalue weighted by Gasteiger charge is -2.26. The molecule has 0 radical (unpaired) electrons. The average molecular weight is 267 g/mol. The molecule has 0 spiro atoms. The molecule has 2 unspecified atom stereocenters. The summed E-state index contributed by atoms with van der Waals surface area (Å²) >= 11 is 0. The van der Waals surface area contributed by atoms with Crippen molar-refractivity contribution >= 4 is 5.91 Å². The van der Waals surface area contributed by atoms with Crippen LogP contribution >= 0.6 is 0 Å². The lowest BCUT2D eigenvalue weighted by Crippen LogP contribution is -2.38. The van der Waals surface area contributed by atoms with Gasteiger partial charge in [0.05, 0.1) is 0 Å². The number of likely N-dealkylation sites (N-methyl/N-ethyl adjacent to an activating group) is 1. The molecule has 2 aliphatic rings. The predicted octanol–water partition coefficient (Wildman–Crippen LogP) is 1.46. The highest BCUT2D eigenvalue weighted by molar-refractivity contribution is 5.76. The Morgan fingerprint density at radius 1 is 1.32 bits per heavy atom. The molecule has 0 bridgehead atoms. The lowest BCUT2D eigenvalue weighted by molar-refractivity contribution is -0.130. The average Bonchev–Trinajstić information content (AvgIpc) is 3.09. The van der Waals surface area contributed by atoms with Crippen molar-refractivity contribution in [3.63, 3.8) is 0 Å². The van der Waals surface area contributed by atoms with Crippen LogP contribution in [0, 0.1) is 0 Å². The number of nitrogens with zero attached hydrogens (tertiary/aromatic N) is 2. The summed E-state index contributed by atoms with van der Waals surface area (Å²) in [5.41, 5.74) is 0. The van der Waals surface area contributed by atoms with Crippen LogP contribution in [0.5, 0.6) is 0 Å². The number of likely N-dealkylation sites (tertiary alicyclic amines) is 1. The number of carbonyl (C=O) groups is 1. The van der Waals surface area contributed by atoms with Crippen molar-refractivity contribution in [1.82, 2.24) is 15.1 Å². The molecule has 110 valence electrons. The van der Waals surface area contributed by atoms with Crippen LogP contribution in [-0.2, 0) is 4.79 Å². The Kier molecular flexibility index (Phi) is 5.64. The summed E-state index contributed by atoms with van der Waals surface area (Å²) in [5.74, 6) is 0.364. The summed E-state index contributed by atoms with van der Waals surface area (Å²) in [5, 5.41) is 3.47. The van der Waals surface area contributed by atoms with Gasteiger partial charge in [0.15, 0.2) is 0 Å². The summed E-state index contributed by atoms with van der Waals surface area (Å²) in [7, 11) is 0. The fourth-order valence-corrected chi connectivity index (χ4v) is 3.47. The van der Waals surface area contributed by atoms with Gasteiger partial charge in [0.25, 0.3) is 0 Å². The van der Waals surface area contributed by atoms with Crippen molar-refractivity contribution < 1.29 is 4.79 Å². The number of amides is 1. The molecule has 0 aromatic rings. The van der Waals surface area contributed by atoms with E-state index < -0.39 is 0 Å². The second kappa shape index (κ2) is 7.25. The lowest BCUT2D eigenvalue weighted by atomic mass is 10.1. The number of carbonyl (C=O) groups excluding carboxylic acids is 1. The van der Waals surface area contributed by atoms with Crippen molar-refractivity contribution in [3.05, 3.63) is 0 Å².